The first-order valence-electron chi connectivity index (χ1n) is 39.5. The molecule has 0 spiro atoms. The van der Waals surface area contributed by atoms with Crippen molar-refractivity contribution in [1.29, 1.82) is 0 Å². The zero-order valence-electron chi connectivity index (χ0n) is 63.7. The van der Waals surface area contributed by atoms with E-state index in [0.29, 0.717) is 64.3 Å². The van der Waals surface area contributed by atoms with Crippen LogP contribution in [-0.4, -0.2) is 269 Å². The van der Waals surface area contributed by atoms with E-state index in [9.17, 15) is 81.1 Å². The number of hydrogen-bond acceptors (Lipinski definition) is 28. The zero-order valence-corrected chi connectivity index (χ0v) is 63.7. The fraction of sp³-hybridized carbons (Fsp3) is 0.787. The number of para-hydroxylation sites is 1. The van der Waals surface area contributed by atoms with E-state index in [4.69, 9.17) is 52.1 Å². The van der Waals surface area contributed by atoms with Gasteiger partial charge in [-0.15, -0.1) is 0 Å². The number of aliphatic hydroxyl groups excluding tert-OH is 14. The van der Waals surface area contributed by atoms with Crippen LogP contribution in [0.3, 0.4) is 0 Å². The van der Waals surface area contributed by atoms with Gasteiger partial charge in [-0.25, -0.2) is 0 Å². The fourth-order valence-corrected chi connectivity index (χ4v) is 20.5. The highest BCUT2D eigenvalue weighted by atomic mass is 16.8. The summed E-state index contributed by atoms with van der Waals surface area (Å²) in [5, 5.41) is 160. The number of carbonyl (C=O) groups is 3. The Bertz CT molecular complexity index is 3410. The Labute approximate surface area is 636 Å². The number of aldehydes is 1. The lowest BCUT2D eigenvalue weighted by Crippen LogP contribution is -2.68. The molecule has 5 saturated heterocycles. The van der Waals surface area contributed by atoms with Crippen molar-refractivity contribution in [3.05, 3.63) is 71.8 Å². The van der Waals surface area contributed by atoms with Crippen LogP contribution in [0.5, 0.6) is 11.5 Å². The smallest absolute Gasteiger partial charge is 0.317 e. The van der Waals surface area contributed by atoms with E-state index in [-0.39, 0.29) is 30.1 Å². The average Bonchev–Trinajstić information content (AvgIpc) is 1.28. The van der Waals surface area contributed by atoms with E-state index in [1.54, 1.807) is 0 Å². The molecule has 0 aromatic heterocycles. The second-order valence-electron chi connectivity index (χ2n) is 34.6. The molecule has 5 aliphatic carbocycles. The fourth-order valence-electron chi connectivity index (χ4n) is 20.5. The average molecular weight is 1540 g/mol. The van der Waals surface area contributed by atoms with Crippen molar-refractivity contribution >= 4 is 18.2 Å². The highest BCUT2D eigenvalue weighted by Gasteiger charge is 2.72. The van der Waals surface area contributed by atoms with Gasteiger partial charge in [-0.3, -0.25) is 9.59 Å². The summed E-state index contributed by atoms with van der Waals surface area (Å²) >= 11 is 0. The summed E-state index contributed by atoms with van der Waals surface area (Å²) in [5.41, 5.74) is -2.72. The third-order valence-corrected chi connectivity index (χ3v) is 27.5. The summed E-state index contributed by atoms with van der Waals surface area (Å²) < 4.78 is 67.3. The van der Waals surface area contributed by atoms with Crippen LogP contribution in [0, 0.1) is 50.2 Å². The Kier molecular flexibility index (Phi) is 26.1. The lowest BCUT2D eigenvalue weighted by Gasteiger charge is -2.71. The molecule has 0 radical (unpaired) electrons. The summed E-state index contributed by atoms with van der Waals surface area (Å²) in [6.07, 6.45) is -29.7. The van der Waals surface area contributed by atoms with Gasteiger partial charge < -0.3 is 134 Å². The van der Waals surface area contributed by atoms with Crippen molar-refractivity contribution in [2.24, 2.45) is 50.2 Å². The summed E-state index contributed by atoms with van der Waals surface area (Å²) in [6.45, 7) is 14.5. The van der Waals surface area contributed by atoms with E-state index in [1.165, 1.54) is 19.4 Å². The molecule has 9 fully saturated rings. The van der Waals surface area contributed by atoms with Gasteiger partial charge in [0.15, 0.2) is 37.4 Å². The predicted molar refractivity (Wildman–Crippen MR) is 383 cm³/mol. The molecule has 29 nitrogen and oxygen atoms in total. The topological polar surface area (TPSA) is 448 Å². The maximum Gasteiger partial charge on any atom is 0.317 e. The lowest BCUT2D eigenvalue weighted by atomic mass is 9.34. The van der Waals surface area contributed by atoms with E-state index < -0.39 is 218 Å². The van der Waals surface area contributed by atoms with Crippen molar-refractivity contribution in [2.75, 3.05) is 19.8 Å². The van der Waals surface area contributed by atoms with Crippen molar-refractivity contribution < 1.29 is 138 Å². The summed E-state index contributed by atoms with van der Waals surface area (Å²) in [6, 6.07) is 17.8. The van der Waals surface area contributed by atoms with Crippen molar-refractivity contribution in [2.45, 2.75) is 324 Å². The van der Waals surface area contributed by atoms with Crippen LogP contribution in [0.1, 0.15) is 164 Å². The molecule has 2 aromatic carbocycles. The van der Waals surface area contributed by atoms with Crippen LogP contribution in [-0.2, 0) is 68.2 Å². The van der Waals surface area contributed by atoms with Gasteiger partial charge in [0.2, 0.25) is 6.29 Å². The van der Waals surface area contributed by atoms with Crippen molar-refractivity contribution in [3.8, 4) is 11.5 Å². The Balaban J connectivity index is 0.713. The molecule has 13 unspecified atom stereocenters. The van der Waals surface area contributed by atoms with Crippen LogP contribution in [0.2, 0.25) is 0 Å². The van der Waals surface area contributed by atoms with E-state index in [2.05, 4.69) is 58.1 Å². The van der Waals surface area contributed by atoms with Crippen LogP contribution in [0.25, 0.3) is 0 Å². The lowest BCUT2D eigenvalue weighted by molar-refractivity contribution is -0.394. The molecule has 34 atom stereocenters. The van der Waals surface area contributed by atoms with Gasteiger partial charge in [-0.1, -0.05) is 109 Å². The molecule has 15 N–H and O–H groups in total. The minimum Gasteiger partial charge on any atom is -0.457 e. The first kappa shape index (κ1) is 84.1. The minimum absolute atomic E-state index is 0.0833. The molecule has 0 bridgehead atoms. The zero-order chi connectivity index (χ0) is 78.6. The molecule has 109 heavy (non-hydrogen) atoms. The van der Waals surface area contributed by atoms with E-state index in [0.717, 1.165) is 61.9 Å². The number of aliphatic hydroxyl groups is 14. The standard InChI is InChI=1S/C80H119NO28/c1-40-53(86)58(91)67(108-72-63(96)65(106-70-61(94)56(89)55(88)48(37-82)103-70)64(41(2)101-72)105-69-60(93)54(87)47(84)38-99-69)73(100-40)109-74(98)80-34-33-75(3,4)30-27-46(80)45-25-26-50-76(5)31-29-52(77(6,39-83)49(76)28-32-78(50,7)79(45,8)36-51(80)85)104-71-62(95)57(90)59(92)66(107-71)68(97)81-35-17-12-10-9-11-14-18-42-21-23-44(24-22-42)102-43-19-15-13-16-20-43/h13,15-16,19-25,39-41,46-67,69-73,82,84-96H,9-12,14,17-18,26-38H2,1-8H3,(H,81,97)/t40?,41?,46?,47-,48?,49-,50?,51+,52+,53+,54+,55-,56+,57+,58+,59+,60?,61?,62?,63?,64+,65-,66?,67?,69+,70+,71-,72+,73+,76?,77-,78?,79-,80-/m1/s1. The molecule has 12 rings (SSSR count). The Morgan fingerprint density at radius 1 is 0.560 bits per heavy atom. The van der Waals surface area contributed by atoms with E-state index in [1.807, 2.05) is 49.4 Å². The van der Waals surface area contributed by atoms with Gasteiger partial charge in [-0.05, 0) is 167 Å². The number of allylic oxidation sites excluding steroid dienone is 2. The first-order valence-corrected chi connectivity index (χ1v) is 39.5. The molecule has 5 aliphatic heterocycles. The summed E-state index contributed by atoms with van der Waals surface area (Å²) in [7, 11) is 0. The molecule has 612 valence electrons. The molecule has 5 heterocycles. The predicted octanol–water partition coefficient (Wildman–Crippen LogP) is 2.52. The normalized spacial score (nSPS) is 46.3. The third kappa shape index (κ3) is 16.1. The second-order valence-corrected chi connectivity index (χ2v) is 34.6. The third-order valence-electron chi connectivity index (χ3n) is 27.5. The summed E-state index contributed by atoms with van der Waals surface area (Å²) in [5.74, 6) is -0.942. The number of rotatable bonds is 24. The first-order chi connectivity index (χ1) is 51.7. The molecule has 29 heteroatoms. The van der Waals surface area contributed by atoms with Crippen molar-refractivity contribution in [1.82, 2.24) is 5.32 Å². The number of aryl methyl sites for hydroxylation is 1. The second kappa shape index (κ2) is 33.9. The number of hydrogen-bond donors (Lipinski definition) is 15. The quantitative estimate of drug-likeness (QED) is 0.0236. The van der Waals surface area contributed by atoms with Gasteiger partial charge >= 0.3 is 5.97 Å². The number of nitrogens with one attached hydrogen (secondary N) is 1. The number of carbonyl (C=O) groups excluding carboxylic acids is 3. The van der Waals surface area contributed by atoms with Crippen LogP contribution in [0.15, 0.2) is 66.2 Å². The molecule has 4 saturated carbocycles. The van der Waals surface area contributed by atoms with Crippen LogP contribution >= 0.6 is 0 Å². The number of esters is 1. The monoisotopic (exact) mass is 1540 g/mol. The molecular formula is C80H119NO28. The van der Waals surface area contributed by atoms with Crippen LogP contribution < -0.4 is 10.1 Å². The maximum absolute atomic E-state index is 16.0. The number of benzene rings is 2. The molecule has 2 aromatic rings. The Morgan fingerprint density at radius 2 is 1.18 bits per heavy atom. The number of fused-ring (bicyclic) bond motifs is 7. The van der Waals surface area contributed by atoms with Gasteiger partial charge in [0, 0.05) is 6.54 Å². The Hall–Kier alpha value is -4.33. The molecule has 10 aliphatic rings. The van der Waals surface area contributed by atoms with Gasteiger partial charge in [0.1, 0.15) is 115 Å². The minimum atomic E-state index is -2.09. The largest absolute Gasteiger partial charge is 0.457 e. The SMILES string of the molecule is CC1O[C@@H](OC(=O)[C@]23CCC(C)(C)CCC2C2=CCC4C5(C)CC[C@H](O[C@@H]6OC(C(=O)NCCCCCCCCc7ccc(Oc8ccccc8)cc7)[C@@H](O)[C@H](O)C6O)[C@](C)(C=O)[C@@H]5CCC4(C)[C@]2(C)C[C@@H]3O)C(O[C@@H]2OC(C)[C@H](O[C@@H]3OC[C@@H](O)[C@H](O)C3O)[C@H](O[C@@H]3OC(CO)[C@@H](O)[C@H](O)C3O)C2O)[C@@H](O)[C@H]1O. The van der Waals surface area contributed by atoms with E-state index >= 15 is 4.79 Å². The Morgan fingerprint density at radius 3 is 1.88 bits per heavy atom. The van der Waals surface area contributed by atoms with Gasteiger partial charge in [0.25, 0.3) is 5.91 Å². The van der Waals surface area contributed by atoms with Gasteiger partial charge in [-0.2, -0.15) is 0 Å². The number of ether oxygens (including phenoxy) is 11. The maximum atomic E-state index is 16.0. The summed E-state index contributed by atoms with van der Waals surface area (Å²) in [4.78, 5) is 43.7. The molecule has 1 amide bonds. The van der Waals surface area contributed by atoms with Crippen LogP contribution in [0.4, 0.5) is 0 Å². The van der Waals surface area contributed by atoms with Gasteiger partial charge in [0.05, 0.1) is 43.0 Å². The highest BCUT2D eigenvalue weighted by Crippen LogP contribution is 2.76. The number of amides is 1. The van der Waals surface area contributed by atoms with Crippen molar-refractivity contribution in [3.63, 3.8) is 0 Å². The molecular weight excluding hydrogens is 1420 g/mol. The highest BCUT2D eigenvalue weighted by molar-refractivity contribution is 5.82. The number of unbranched alkanes of at least 4 members (excludes halogenated alkanes) is 5.